The van der Waals surface area contributed by atoms with E-state index in [0.717, 1.165) is 4.90 Å². The Morgan fingerprint density at radius 3 is 2.20 bits per heavy atom. The van der Waals surface area contributed by atoms with Crippen LogP contribution in [0.1, 0.15) is 40.5 Å². The molecule has 0 aromatic rings. The summed E-state index contributed by atoms with van der Waals surface area (Å²) in [5.74, 6) is 0.212. The van der Waals surface area contributed by atoms with Crippen molar-refractivity contribution in [2.45, 2.75) is 46.6 Å². The molecule has 0 spiro atoms. The lowest BCUT2D eigenvalue weighted by Gasteiger charge is -2.30. The Labute approximate surface area is 92.0 Å². The van der Waals surface area contributed by atoms with Crippen LogP contribution in [0.15, 0.2) is 0 Å². The van der Waals surface area contributed by atoms with Crippen LogP contribution in [-0.4, -0.2) is 29.9 Å². The van der Waals surface area contributed by atoms with Crippen LogP contribution in [0.5, 0.6) is 0 Å². The van der Waals surface area contributed by atoms with E-state index >= 15 is 0 Å². The molecule has 0 saturated carbocycles. The first-order valence-corrected chi connectivity index (χ1v) is 5.51. The van der Waals surface area contributed by atoms with Gasteiger partial charge in [0.2, 0.25) is 5.91 Å². The van der Waals surface area contributed by atoms with Gasteiger partial charge in [-0.25, -0.2) is 4.79 Å². The molecule has 4 heteroatoms. The van der Waals surface area contributed by atoms with Crippen molar-refractivity contribution in [1.29, 1.82) is 0 Å². The third-order valence-corrected chi connectivity index (χ3v) is 2.19. The first-order chi connectivity index (χ1) is 6.93. The van der Waals surface area contributed by atoms with Crippen LogP contribution >= 0.6 is 0 Å². The molecule has 1 heterocycles. The van der Waals surface area contributed by atoms with E-state index in [0.29, 0.717) is 12.3 Å². The molecule has 88 valence electrons. The largest absolute Gasteiger partial charge is 0.334 e. The number of nitrogens with zero attached hydrogens (tertiary/aromatic N) is 1. The number of imide groups is 1. The molecule has 1 aliphatic heterocycles. The number of hydrogen-bond donors (Lipinski definition) is 1. The SMILES string of the molecule is CC(C)C1CC(=O)N(C)C(=O)N1.CCC. The van der Waals surface area contributed by atoms with Crippen LogP contribution in [0.4, 0.5) is 4.79 Å². The number of nitrogens with one attached hydrogen (secondary N) is 1. The fraction of sp³-hybridized carbons (Fsp3) is 0.818. The average Bonchev–Trinajstić information content (AvgIpc) is 2.14. The molecule has 0 aromatic carbocycles. The van der Waals surface area contributed by atoms with Gasteiger partial charge >= 0.3 is 6.03 Å². The first kappa shape index (κ1) is 13.9. The van der Waals surface area contributed by atoms with Gasteiger partial charge in [0.1, 0.15) is 0 Å². The maximum absolute atomic E-state index is 11.2. The van der Waals surface area contributed by atoms with Crippen LogP contribution in [0.3, 0.4) is 0 Å². The predicted molar refractivity (Wildman–Crippen MR) is 60.5 cm³/mol. The van der Waals surface area contributed by atoms with Gasteiger partial charge in [0.05, 0.1) is 0 Å². The van der Waals surface area contributed by atoms with E-state index in [1.54, 1.807) is 0 Å². The van der Waals surface area contributed by atoms with E-state index in [1.165, 1.54) is 13.5 Å². The zero-order valence-electron chi connectivity index (χ0n) is 10.3. The van der Waals surface area contributed by atoms with Crippen LogP contribution in [0, 0.1) is 5.92 Å². The molecule has 0 radical (unpaired) electrons. The van der Waals surface area contributed by atoms with Gasteiger partial charge in [0, 0.05) is 19.5 Å². The molecule has 1 aliphatic rings. The maximum atomic E-state index is 11.2. The van der Waals surface area contributed by atoms with Crippen molar-refractivity contribution in [1.82, 2.24) is 10.2 Å². The molecule has 1 atom stereocenters. The standard InChI is InChI=1S/C8H14N2O2.C3H8/c1-5(2)6-4-7(11)10(3)8(12)9-6;1-3-2/h5-6H,4H2,1-3H3,(H,9,12);3H2,1-2H3. The number of carbonyl (C=O) groups is 2. The van der Waals surface area contributed by atoms with E-state index in [1.807, 2.05) is 13.8 Å². The highest BCUT2D eigenvalue weighted by Crippen LogP contribution is 2.12. The molecular formula is C11H22N2O2. The Balaban J connectivity index is 0.000000583. The van der Waals surface area contributed by atoms with Crippen LogP contribution in [0.2, 0.25) is 0 Å². The number of amides is 3. The van der Waals surface area contributed by atoms with Crippen molar-refractivity contribution >= 4 is 11.9 Å². The Morgan fingerprint density at radius 1 is 1.40 bits per heavy atom. The molecule has 0 aliphatic carbocycles. The number of urea groups is 1. The van der Waals surface area contributed by atoms with E-state index in [-0.39, 0.29) is 18.0 Å². The fourth-order valence-corrected chi connectivity index (χ4v) is 1.15. The lowest BCUT2D eigenvalue weighted by molar-refractivity contribution is -0.129. The van der Waals surface area contributed by atoms with Crippen molar-refractivity contribution in [3.63, 3.8) is 0 Å². The first-order valence-electron chi connectivity index (χ1n) is 5.51. The lowest BCUT2D eigenvalue weighted by atomic mass is 9.99. The minimum Gasteiger partial charge on any atom is -0.334 e. The molecule has 1 rings (SSSR count). The summed E-state index contributed by atoms with van der Waals surface area (Å²) in [4.78, 5) is 23.4. The fourth-order valence-electron chi connectivity index (χ4n) is 1.15. The normalized spacial score (nSPS) is 20.9. The molecule has 0 aromatic heterocycles. The average molecular weight is 214 g/mol. The molecule has 0 bridgehead atoms. The van der Waals surface area contributed by atoms with Crippen molar-refractivity contribution in [2.75, 3.05) is 7.05 Å². The summed E-state index contributed by atoms with van der Waals surface area (Å²) in [5, 5.41) is 2.76. The molecule has 1 fully saturated rings. The second-order valence-electron chi connectivity index (χ2n) is 4.16. The zero-order chi connectivity index (χ0) is 12.0. The lowest BCUT2D eigenvalue weighted by Crippen LogP contribution is -2.54. The monoisotopic (exact) mass is 214 g/mol. The van der Waals surface area contributed by atoms with Gasteiger partial charge in [-0.3, -0.25) is 9.69 Å². The second-order valence-corrected chi connectivity index (χ2v) is 4.16. The minimum absolute atomic E-state index is 0.00111. The Morgan fingerprint density at radius 2 is 1.87 bits per heavy atom. The predicted octanol–water partition coefficient (Wildman–Crippen LogP) is 2.00. The molecule has 1 unspecified atom stereocenters. The summed E-state index contributed by atoms with van der Waals surface area (Å²) in [6.07, 6.45) is 1.67. The van der Waals surface area contributed by atoms with Gasteiger partial charge < -0.3 is 5.32 Å². The second kappa shape index (κ2) is 6.43. The van der Waals surface area contributed by atoms with E-state index in [4.69, 9.17) is 0 Å². The molecule has 1 saturated heterocycles. The molecule has 3 amide bonds. The summed E-state index contributed by atoms with van der Waals surface area (Å²) in [5.41, 5.74) is 0. The summed E-state index contributed by atoms with van der Waals surface area (Å²) in [6, 6.07) is -0.286. The van der Waals surface area contributed by atoms with Crippen molar-refractivity contribution in [3.8, 4) is 0 Å². The van der Waals surface area contributed by atoms with Crippen molar-refractivity contribution in [3.05, 3.63) is 0 Å². The van der Waals surface area contributed by atoms with E-state index in [2.05, 4.69) is 19.2 Å². The molecule has 15 heavy (non-hydrogen) atoms. The summed E-state index contributed by atoms with van der Waals surface area (Å²) in [6.45, 7) is 8.23. The minimum atomic E-state index is -0.287. The van der Waals surface area contributed by atoms with Crippen LogP contribution in [0.25, 0.3) is 0 Å². The Kier molecular flexibility index (Phi) is 5.97. The smallest absolute Gasteiger partial charge is 0.324 e. The van der Waals surface area contributed by atoms with Gasteiger partial charge in [0.15, 0.2) is 0 Å². The van der Waals surface area contributed by atoms with Crippen molar-refractivity contribution in [2.24, 2.45) is 5.92 Å². The Bertz CT molecular complexity index is 209. The number of rotatable bonds is 1. The van der Waals surface area contributed by atoms with Crippen molar-refractivity contribution < 1.29 is 9.59 Å². The van der Waals surface area contributed by atoms with Gasteiger partial charge in [-0.1, -0.05) is 34.1 Å². The van der Waals surface area contributed by atoms with Gasteiger partial charge in [0.25, 0.3) is 0 Å². The van der Waals surface area contributed by atoms with E-state index in [9.17, 15) is 9.59 Å². The summed E-state index contributed by atoms with van der Waals surface area (Å²) in [7, 11) is 1.49. The van der Waals surface area contributed by atoms with Crippen LogP contribution < -0.4 is 5.32 Å². The van der Waals surface area contributed by atoms with E-state index < -0.39 is 0 Å². The topological polar surface area (TPSA) is 49.4 Å². The third-order valence-electron chi connectivity index (χ3n) is 2.19. The van der Waals surface area contributed by atoms with Gasteiger partial charge in [-0.2, -0.15) is 0 Å². The Hall–Kier alpha value is -1.06. The highest BCUT2D eigenvalue weighted by atomic mass is 16.2. The zero-order valence-corrected chi connectivity index (χ0v) is 10.3. The van der Waals surface area contributed by atoms with Gasteiger partial charge in [-0.15, -0.1) is 0 Å². The summed E-state index contributed by atoms with van der Waals surface area (Å²) >= 11 is 0. The molecule has 4 nitrogen and oxygen atoms in total. The summed E-state index contributed by atoms with van der Waals surface area (Å²) < 4.78 is 0. The number of carbonyl (C=O) groups excluding carboxylic acids is 2. The highest BCUT2D eigenvalue weighted by molar-refractivity contribution is 5.96. The molecule has 1 N–H and O–H groups in total. The molecular weight excluding hydrogens is 192 g/mol. The number of hydrogen-bond acceptors (Lipinski definition) is 2. The van der Waals surface area contributed by atoms with Gasteiger partial charge in [-0.05, 0) is 5.92 Å². The maximum Gasteiger partial charge on any atom is 0.324 e. The highest BCUT2D eigenvalue weighted by Gasteiger charge is 2.30. The van der Waals surface area contributed by atoms with Crippen LogP contribution in [-0.2, 0) is 4.79 Å². The third kappa shape index (κ3) is 4.32. The quantitative estimate of drug-likeness (QED) is 0.725.